The van der Waals surface area contributed by atoms with Crippen molar-refractivity contribution in [3.05, 3.63) is 59.3 Å². The van der Waals surface area contributed by atoms with E-state index in [9.17, 15) is 9.90 Å². The highest BCUT2D eigenvalue weighted by Crippen LogP contribution is 2.38. The first-order valence-corrected chi connectivity index (χ1v) is 12.1. The topological polar surface area (TPSA) is 113 Å². The van der Waals surface area contributed by atoms with Gasteiger partial charge < -0.3 is 34.1 Å². The summed E-state index contributed by atoms with van der Waals surface area (Å²) >= 11 is 0. The van der Waals surface area contributed by atoms with Crippen molar-refractivity contribution in [3.63, 3.8) is 0 Å². The largest absolute Gasteiger partial charge is 0.497 e. The van der Waals surface area contributed by atoms with E-state index in [2.05, 4.69) is 5.32 Å². The number of hydrogen-bond donors (Lipinski definition) is 2. The number of ether oxygens (including phenoxy) is 5. The van der Waals surface area contributed by atoms with Crippen LogP contribution in [0.3, 0.4) is 0 Å². The van der Waals surface area contributed by atoms with Crippen LogP contribution in [0, 0.1) is 0 Å². The molecule has 1 heterocycles. The van der Waals surface area contributed by atoms with Gasteiger partial charge in [0, 0.05) is 38.3 Å². The van der Waals surface area contributed by atoms with Crippen LogP contribution >= 0.6 is 0 Å². The fraction of sp³-hybridized carbons (Fsp3) is 0.407. The van der Waals surface area contributed by atoms with Crippen molar-refractivity contribution >= 4 is 17.5 Å². The van der Waals surface area contributed by atoms with Crippen molar-refractivity contribution in [3.8, 4) is 17.2 Å². The molecule has 1 aromatic heterocycles. The monoisotopic (exact) mass is 511 g/mol. The molecule has 10 nitrogen and oxygen atoms in total. The summed E-state index contributed by atoms with van der Waals surface area (Å²) in [7, 11) is 4.61. The average molecular weight is 512 g/mol. The number of rotatable bonds is 13. The molecule has 0 amide bonds. The van der Waals surface area contributed by atoms with Gasteiger partial charge in [-0.3, -0.25) is 0 Å². The van der Waals surface area contributed by atoms with Crippen LogP contribution in [0.5, 0.6) is 17.2 Å². The van der Waals surface area contributed by atoms with Gasteiger partial charge in [0.2, 0.25) is 0 Å². The average Bonchev–Trinajstić information content (AvgIpc) is 3.57. The van der Waals surface area contributed by atoms with E-state index in [1.54, 1.807) is 13.2 Å². The van der Waals surface area contributed by atoms with Crippen LogP contribution < -0.4 is 19.5 Å². The summed E-state index contributed by atoms with van der Waals surface area (Å²) in [6, 6.07) is 12.9. The summed E-state index contributed by atoms with van der Waals surface area (Å²) in [6.45, 7) is 0.375. The maximum Gasteiger partial charge on any atom is 0.341 e. The number of nitrogens with zero attached hydrogens (tertiary/aromatic N) is 2. The van der Waals surface area contributed by atoms with E-state index in [0.717, 1.165) is 29.8 Å². The second-order valence-electron chi connectivity index (χ2n) is 8.82. The number of carbonyl (C=O) groups is 1. The molecule has 0 radical (unpaired) electrons. The van der Waals surface area contributed by atoms with Crippen molar-refractivity contribution in [1.29, 1.82) is 0 Å². The Bertz CT molecular complexity index is 1190. The van der Waals surface area contributed by atoms with E-state index in [4.69, 9.17) is 28.8 Å². The first-order chi connectivity index (χ1) is 18.0. The van der Waals surface area contributed by atoms with Crippen molar-refractivity contribution in [2.45, 2.75) is 38.1 Å². The molecule has 3 aromatic rings. The predicted molar refractivity (Wildman–Crippen MR) is 137 cm³/mol. The Labute approximate surface area is 216 Å². The first kappa shape index (κ1) is 26.3. The molecule has 1 aliphatic carbocycles. The molecule has 0 atom stereocenters. The van der Waals surface area contributed by atoms with Crippen molar-refractivity contribution < 1.29 is 33.6 Å². The number of anilines is 2. The van der Waals surface area contributed by atoms with Gasteiger partial charge in [0.25, 0.3) is 0 Å². The van der Waals surface area contributed by atoms with Crippen LogP contribution in [-0.2, 0) is 16.0 Å². The second-order valence-corrected chi connectivity index (χ2v) is 8.82. The molecule has 0 unspecified atom stereocenters. The van der Waals surface area contributed by atoms with E-state index in [1.165, 1.54) is 33.1 Å². The third-order valence-corrected chi connectivity index (χ3v) is 6.29. The number of methoxy groups -OCH3 is 3. The summed E-state index contributed by atoms with van der Waals surface area (Å²) in [5.74, 6) is 1.18. The van der Waals surface area contributed by atoms with Gasteiger partial charge in [-0.05, 0) is 30.5 Å². The molecule has 37 heavy (non-hydrogen) atoms. The van der Waals surface area contributed by atoms with E-state index in [0.29, 0.717) is 29.7 Å². The first-order valence-electron chi connectivity index (χ1n) is 12.1. The molecule has 2 N–H and O–H groups in total. The predicted octanol–water partition coefficient (Wildman–Crippen LogP) is 5.00. The molecule has 1 aliphatic rings. The van der Waals surface area contributed by atoms with Crippen LogP contribution in [0.4, 0.5) is 11.5 Å². The summed E-state index contributed by atoms with van der Waals surface area (Å²) < 4.78 is 28.3. The van der Waals surface area contributed by atoms with Crippen LogP contribution in [0.25, 0.3) is 0 Å². The Morgan fingerprint density at radius 1 is 1.00 bits per heavy atom. The molecular weight excluding hydrogens is 478 g/mol. The lowest BCUT2D eigenvalue weighted by Crippen LogP contribution is -2.12. The summed E-state index contributed by atoms with van der Waals surface area (Å²) in [5, 5.41) is 18.3. The zero-order valence-corrected chi connectivity index (χ0v) is 21.4. The molecule has 1 fully saturated rings. The lowest BCUT2D eigenvalue weighted by molar-refractivity contribution is 0.0446. The fourth-order valence-electron chi connectivity index (χ4n) is 4.48. The minimum atomic E-state index is -1.15. The standard InChI is InChI=1S/C27H33N3O7/c1-33-16-36-21-12-23(26(27(31)32)24(13-21)37-17-34-2)28-25-14-22(19-6-4-5-7-19)29-30(25)15-18-8-10-20(35-3)11-9-18/h8-14,19,28H,4-7,15-17H2,1-3H3,(H,31,32). The molecule has 10 heteroatoms. The molecule has 2 aromatic carbocycles. The molecule has 0 spiro atoms. The maximum atomic E-state index is 12.3. The van der Waals surface area contributed by atoms with E-state index in [-0.39, 0.29) is 24.9 Å². The maximum absolute atomic E-state index is 12.3. The second kappa shape index (κ2) is 12.5. The van der Waals surface area contributed by atoms with Gasteiger partial charge in [-0.2, -0.15) is 5.10 Å². The van der Waals surface area contributed by atoms with Crippen LogP contribution in [0.2, 0.25) is 0 Å². The summed E-state index contributed by atoms with van der Waals surface area (Å²) in [6.07, 6.45) is 4.55. The lowest BCUT2D eigenvalue weighted by atomic mass is 10.0. The SMILES string of the molecule is COCOc1cc(Nc2cc(C3CCCC3)nn2Cc2ccc(OC)cc2)c(C(=O)O)c(OCOC)c1. The number of carboxylic acids is 1. The Kier molecular flexibility index (Phi) is 8.86. The normalized spacial score (nSPS) is 13.5. The van der Waals surface area contributed by atoms with E-state index in [1.807, 2.05) is 35.0 Å². The third kappa shape index (κ3) is 6.52. The van der Waals surface area contributed by atoms with Crippen LogP contribution in [-0.4, -0.2) is 55.8 Å². The van der Waals surface area contributed by atoms with Gasteiger partial charge in [0.1, 0.15) is 28.6 Å². The van der Waals surface area contributed by atoms with Gasteiger partial charge >= 0.3 is 5.97 Å². The number of carboxylic acid groups (broad SMARTS) is 1. The Morgan fingerprint density at radius 2 is 1.70 bits per heavy atom. The van der Waals surface area contributed by atoms with Gasteiger partial charge in [-0.1, -0.05) is 25.0 Å². The summed E-state index contributed by atoms with van der Waals surface area (Å²) in [5.41, 5.74) is 2.29. The highest BCUT2D eigenvalue weighted by Gasteiger charge is 2.24. The smallest absolute Gasteiger partial charge is 0.341 e. The molecule has 0 saturated heterocycles. The summed E-state index contributed by atoms with van der Waals surface area (Å²) in [4.78, 5) is 12.3. The zero-order chi connectivity index (χ0) is 26.2. The van der Waals surface area contributed by atoms with Gasteiger partial charge in [-0.15, -0.1) is 0 Å². The van der Waals surface area contributed by atoms with E-state index >= 15 is 0 Å². The lowest BCUT2D eigenvalue weighted by Gasteiger charge is -2.17. The number of nitrogens with one attached hydrogen (secondary N) is 1. The molecule has 1 saturated carbocycles. The Hall–Kier alpha value is -3.76. The highest BCUT2D eigenvalue weighted by atomic mass is 16.7. The van der Waals surface area contributed by atoms with Gasteiger partial charge in [0.15, 0.2) is 13.6 Å². The third-order valence-electron chi connectivity index (χ3n) is 6.29. The minimum absolute atomic E-state index is 0.00317. The van der Waals surface area contributed by atoms with Crippen LogP contribution in [0.1, 0.15) is 53.2 Å². The Morgan fingerprint density at radius 3 is 2.35 bits per heavy atom. The highest BCUT2D eigenvalue weighted by molar-refractivity contribution is 5.98. The molecule has 198 valence electrons. The number of hydrogen-bond acceptors (Lipinski definition) is 8. The van der Waals surface area contributed by atoms with Gasteiger partial charge in [-0.25, -0.2) is 9.48 Å². The number of benzene rings is 2. The Balaban J connectivity index is 1.73. The van der Waals surface area contributed by atoms with Crippen LogP contribution in [0.15, 0.2) is 42.5 Å². The van der Waals surface area contributed by atoms with Crippen molar-refractivity contribution in [1.82, 2.24) is 9.78 Å². The van der Waals surface area contributed by atoms with E-state index < -0.39 is 5.97 Å². The fourth-order valence-corrected chi connectivity index (χ4v) is 4.48. The zero-order valence-electron chi connectivity index (χ0n) is 21.4. The quantitative estimate of drug-likeness (QED) is 0.306. The number of aromatic nitrogens is 2. The van der Waals surface area contributed by atoms with Crippen molar-refractivity contribution in [2.24, 2.45) is 0 Å². The van der Waals surface area contributed by atoms with Gasteiger partial charge in [0.05, 0.1) is 25.0 Å². The molecule has 0 aliphatic heterocycles. The molecular formula is C27H33N3O7. The molecule has 4 rings (SSSR count). The minimum Gasteiger partial charge on any atom is -0.497 e. The molecule has 0 bridgehead atoms. The number of aromatic carboxylic acids is 1. The van der Waals surface area contributed by atoms with Crippen molar-refractivity contribution in [2.75, 3.05) is 40.2 Å².